The number of hydrogen-bond acceptors (Lipinski definition) is 4. The van der Waals surface area contributed by atoms with Gasteiger partial charge in [-0.25, -0.2) is 0 Å². The maximum atomic E-state index is 10.9. The van der Waals surface area contributed by atoms with Gasteiger partial charge in [-0.1, -0.05) is 0 Å². The molecule has 0 aliphatic heterocycles. The maximum absolute atomic E-state index is 10.9. The van der Waals surface area contributed by atoms with Crippen molar-refractivity contribution < 1.29 is 14.3 Å². The molecule has 9 heteroatoms. The molecular weight excluding hydrogens is 321 g/mol. The van der Waals surface area contributed by atoms with Gasteiger partial charge in [-0.15, -0.1) is 23.2 Å². The minimum absolute atomic E-state index is 0.289. The molecule has 0 atom stereocenters. The second-order valence-corrected chi connectivity index (χ2v) is 5.73. The minimum Gasteiger partial charge on any atom is -0.320 e. The Kier molecular flexibility index (Phi) is 6.32. The van der Waals surface area contributed by atoms with Crippen molar-refractivity contribution >= 4 is 34.6 Å². The van der Waals surface area contributed by atoms with Crippen molar-refractivity contribution in [2.75, 3.05) is 31.9 Å². The summed E-state index contributed by atoms with van der Waals surface area (Å²) >= 11 is 11.6. The number of benzene rings is 1. The fourth-order valence-electron chi connectivity index (χ4n) is 2.08. The number of alkyl halides is 2. The zero-order valence-corrected chi connectivity index (χ0v) is 13.0. The molecule has 0 aromatic heterocycles. The quantitative estimate of drug-likeness (QED) is 0.316. The highest BCUT2D eigenvalue weighted by molar-refractivity contribution is 6.18. The van der Waals surface area contributed by atoms with Crippen LogP contribution in [0.3, 0.4) is 0 Å². The molecule has 0 fully saturated rings. The molecule has 0 saturated carbocycles. The molecule has 0 spiro atoms. The van der Waals surface area contributed by atoms with E-state index in [2.05, 4.69) is 0 Å². The predicted octanol–water partition coefficient (Wildman–Crippen LogP) is 2.93. The van der Waals surface area contributed by atoms with Gasteiger partial charge in [0.25, 0.3) is 11.4 Å². The first-order chi connectivity index (χ1) is 9.81. The Morgan fingerprint density at radius 2 is 1.43 bits per heavy atom. The number of nitro benzene ring substituents is 2. The number of rotatable bonds is 8. The SMILES string of the molecule is C[N+](CCCl)(CCCl)Cc1cc([N+](=O)[O-])cc([N+](=O)[O-])c1. The topological polar surface area (TPSA) is 86.3 Å². The molecule has 7 nitrogen and oxygen atoms in total. The highest BCUT2D eigenvalue weighted by atomic mass is 35.5. The first-order valence-corrected chi connectivity index (χ1v) is 7.26. The molecule has 0 unspecified atom stereocenters. The van der Waals surface area contributed by atoms with Crippen LogP contribution in [0.2, 0.25) is 0 Å². The van der Waals surface area contributed by atoms with Crippen molar-refractivity contribution in [1.29, 1.82) is 0 Å². The minimum atomic E-state index is -0.635. The summed E-state index contributed by atoms with van der Waals surface area (Å²) in [4.78, 5) is 20.5. The van der Waals surface area contributed by atoms with Crippen LogP contribution in [0, 0.1) is 20.2 Å². The van der Waals surface area contributed by atoms with Crippen molar-refractivity contribution in [3.63, 3.8) is 0 Å². The standard InChI is InChI=1S/C12H16Cl2N3O4/c1-17(4-2-13,5-3-14)9-10-6-11(15(18)19)8-12(7-10)16(20)21/h6-8H,2-5,9H2,1H3/q+1. The summed E-state index contributed by atoms with van der Waals surface area (Å²) in [5.41, 5.74) is -0.0568. The van der Waals surface area contributed by atoms with Gasteiger partial charge in [-0.3, -0.25) is 20.2 Å². The van der Waals surface area contributed by atoms with Crippen molar-refractivity contribution in [3.05, 3.63) is 44.0 Å². The zero-order chi connectivity index (χ0) is 16.0. The van der Waals surface area contributed by atoms with Gasteiger partial charge in [-0.2, -0.15) is 0 Å². The highest BCUT2D eigenvalue weighted by Gasteiger charge is 2.24. The fourth-order valence-corrected chi connectivity index (χ4v) is 2.89. The largest absolute Gasteiger partial charge is 0.320 e. The average molecular weight is 337 g/mol. The monoisotopic (exact) mass is 336 g/mol. The Hall–Kier alpha value is -1.44. The van der Waals surface area contributed by atoms with Gasteiger partial charge >= 0.3 is 0 Å². The molecule has 0 aliphatic carbocycles. The maximum Gasteiger partial charge on any atom is 0.276 e. The lowest BCUT2D eigenvalue weighted by Crippen LogP contribution is -2.46. The van der Waals surface area contributed by atoms with E-state index in [9.17, 15) is 20.2 Å². The van der Waals surface area contributed by atoms with Gasteiger partial charge in [0.15, 0.2) is 0 Å². The van der Waals surface area contributed by atoms with E-state index in [-0.39, 0.29) is 11.4 Å². The molecule has 1 rings (SSSR count). The number of halogens is 2. The Morgan fingerprint density at radius 1 is 1.00 bits per heavy atom. The van der Waals surface area contributed by atoms with Gasteiger partial charge in [0.1, 0.15) is 6.54 Å². The van der Waals surface area contributed by atoms with Crippen LogP contribution in [-0.4, -0.2) is 46.2 Å². The van der Waals surface area contributed by atoms with E-state index in [0.29, 0.717) is 41.4 Å². The van der Waals surface area contributed by atoms with E-state index in [1.165, 1.54) is 12.1 Å². The number of nitro groups is 2. The molecule has 0 amide bonds. The first kappa shape index (κ1) is 17.6. The number of non-ortho nitro benzene ring substituents is 2. The summed E-state index contributed by atoms with van der Waals surface area (Å²) in [7, 11) is 1.91. The zero-order valence-electron chi connectivity index (χ0n) is 11.5. The molecule has 0 N–H and O–H groups in total. The smallest absolute Gasteiger partial charge is 0.276 e. The van der Waals surface area contributed by atoms with Crippen LogP contribution in [-0.2, 0) is 6.54 Å². The summed E-state index contributed by atoms with van der Waals surface area (Å²) < 4.78 is 0.464. The van der Waals surface area contributed by atoms with Crippen LogP contribution in [0.4, 0.5) is 11.4 Å². The summed E-state index contributed by atoms with van der Waals surface area (Å²) in [5.74, 6) is 0.814. The first-order valence-electron chi connectivity index (χ1n) is 6.19. The molecular formula is C12H16Cl2N3O4+. The normalized spacial score (nSPS) is 11.4. The van der Waals surface area contributed by atoms with Crippen LogP contribution < -0.4 is 0 Å². The molecule has 0 heterocycles. The predicted molar refractivity (Wildman–Crippen MR) is 80.8 cm³/mol. The second-order valence-electron chi connectivity index (χ2n) is 4.97. The Labute approximate surface area is 132 Å². The third-order valence-corrected chi connectivity index (χ3v) is 3.54. The fraction of sp³-hybridized carbons (Fsp3) is 0.500. The van der Waals surface area contributed by atoms with Crippen LogP contribution >= 0.6 is 23.2 Å². The molecule has 1 aromatic carbocycles. The summed E-state index contributed by atoms with van der Waals surface area (Å²) in [6.07, 6.45) is 0. The van der Waals surface area contributed by atoms with Gasteiger partial charge in [-0.05, 0) is 0 Å². The van der Waals surface area contributed by atoms with E-state index in [1.54, 1.807) is 0 Å². The third kappa shape index (κ3) is 5.11. The highest BCUT2D eigenvalue weighted by Crippen LogP contribution is 2.25. The summed E-state index contributed by atoms with van der Waals surface area (Å²) in [6.45, 7) is 1.62. The van der Waals surface area contributed by atoms with E-state index in [0.717, 1.165) is 6.07 Å². The van der Waals surface area contributed by atoms with Gasteiger partial charge < -0.3 is 4.48 Å². The summed E-state index contributed by atoms with van der Waals surface area (Å²) in [6, 6.07) is 3.66. The van der Waals surface area contributed by atoms with Crippen molar-refractivity contribution in [2.45, 2.75) is 6.54 Å². The van der Waals surface area contributed by atoms with Gasteiger partial charge in [0.2, 0.25) is 0 Å². The Bertz CT molecular complexity index is 501. The van der Waals surface area contributed by atoms with Crippen LogP contribution in [0.5, 0.6) is 0 Å². The van der Waals surface area contributed by atoms with Gasteiger partial charge in [0.05, 0.1) is 47.8 Å². The van der Waals surface area contributed by atoms with Crippen molar-refractivity contribution in [2.24, 2.45) is 0 Å². The Balaban J connectivity index is 3.16. The molecule has 0 bridgehead atoms. The molecule has 1 aromatic rings. The van der Waals surface area contributed by atoms with E-state index in [1.807, 2.05) is 7.05 Å². The van der Waals surface area contributed by atoms with Crippen molar-refractivity contribution in [1.82, 2.24) is 0 Å². The van der Waals surface area contributed by atoms with Crippen LogP contribution in [0.15, 0.2) is 18.2 Å². The molecule has 116 valence electrons. The van der Waals surface area contributed by atoms with Crippen LogP contribution in [0.1, 0.15) is 5.56 Å². The van der Waals surface area contributed by atoms with E-state index < -0.39 is 9.85 Å². The lowest BCUT2D eigenvalue weighted by Gasteiger charge is -2.33. The number of quaternary nitrogens is 1. The molecule has 0 aliphatic rings. The number of nitrogens with zero attached hydrogens (tertiary/aromatic N) is 3. The lowest BCUT2D eigenvalue weighted by atomic mass is 10.1. The van der Waals surface area contributed by atoms with E-state index in [4.69, 9.17) is 23.2 Å². The van der Waals surface area contributed by atoms with Crippen LogP contribution in [0.25, 0.3) is 0 Å². The third-order valence-electron chi connectivity index (χ3n) is 3.20. The Morgan fingerprint density at radius 3 is 1.76 bits per heavy atom. The summed E-state index contributed by atoms with van der Waals surface area (Å²) in [5, 5.41) is 21.8. The molecule has 0 saturated heterocycles. The van der Waals surface area contributed by atoms with E-state index >= 15 is 0 Å². The second kappa shape index (κ2) is 7.53. The average Bonchev–Trinajstić information content (AvgIpc) is 2.38. The molecule has 0 radical (unpaired) electrons. The lowest BCUT2D eigenvalue weighted by molar-refractivity contribution is -0.918. The number of hydrogen-bond donors (Lipinski definition) is 0. The molecule has 21 heavy (non-hydrogen) atoms. The van der Waals surface area contributed by atoms with Gasteiger partial charge in [0, 0.05) is 17.7 Å². The van der Waals surface area contributed by atoms with Crippen molar-refractivity contribution in [3.8, 4) is 0 Å².